The van der Waals surface area contributed by atoms with Crippen LogP contribution in [0.15, 0.2) is 41.2 Å². The molecule has 4 rings (SSSR count). The van der Waals surface area contributed by atoms with Crippen molar-refractivity contribution < 1.29 is 14.3 Å². The number of aromatic nitrogens is 2. The van der Waals surface area contributed by atoms with Gasteiger partial charge in [0.15, 0.2) is 0 Å². The van der Waals surface area contributed by atoms with Crippen molar-refractivity contribution in [3.8, 4) is 5.75 Å². The van der Waals surface area contributed by atoms with Crippen molar-refractivity contribution in [2.24, 2.45) is 0 Å². The maximum Gasteiger partial charge on any atom is 0.338 e. The summed E-state index contributed by atoms with van der Waals surface area (Å²) in [6.07, 6.45) is 1.71. The van der Waals surface area contributed by atoms with Gasteiger partial charge in [0.1, 0.15) is 18.2 Å². The fraction of sp³-hybridized carbons (Fsp3) is 0.286. The van der Waals surface area contributed by atoms with Gasteiger partial charge in [-0.05, 0) is 43.7 Å². The summed E-state index contributed by atoms with van der Waals surface area (Å²) in [4.78, 5) is 29.6. The Labute approximate surface area is 156 Å². The highest BCUT2D eigenvalue weighted by Gasteiger charge is 2.17. The van der Waals surface area contributed by atoms with Crippen LogP contribution in [-0.4, -0.2) is 22.6 Å². The molecule has 138 valence electrons. The Morgan fingerprint density at radius 1 is 1.22 bits per heavy atom. The summed E-state index contributed by atoms with van der Waals surface area (Å²) in [5, 5.41) is 0.526. The van der Waals surface area contributed by atoms with E-state index < -0.39 is 5.97 Å². The maximum absolute atomic E-state index is 12.5. The second kappa shape index (κ2) is 6.87. The van der Waals surface area contributed by atoms with Gasteiger partial charge >= 0.3 is 5.97 Å². The van der Waals surface area contributed by atoms with Gasteiger partial charge in [-0.1, -0.05) is 11.6 Å². The van der Waals surface area contributed by atoms with Gasteiger partial charge in [0.2, 0.25) is 0 Å². The molecule has 0 aliphatic carbocycles. The minimum atomic E-state index is -0.456. The Kier molecular flexibility index (Phi) is 4.39. The molecule has 0 unspecified atom stereocenters. The van der Waals surface area contributed by atoms with Crippen LogP contribution in [0.5, 0.6) is 5.75 Å². The number of fused-ring (bicyclic) bond motifs is 2. The summed E-state index contributed by atoms with van der Waals surface area (Å²) < 4.78 is 12.5. The smallest absolute Gasteiger partial charge is 0.338 e. The van der Waals surface area contributed by atoms with Gasteiger partial charge in [-0.3, -0.25) is 9.36 Å². The molecule has 3 aromatic rings. The molecule has 0 spiro atoms. The fourth-order valence-corrected chi connectivity index (χ4v) is 3.46. The van der Waals surface area contributed by atoms with E-state index in [0.29, 0.717) is 28.8 Å². The van der Waals surface area contributed by atoms with Gasteiger partial charge in [0.25, 0.3) is 5.56 Å². The Morgan fingerprint density at radius 3 is 2.89 bits per heavy atom. The summed E-state index contributed by atoms with van der Waals surface area (Å²) in [7, 11) is 1.59. The second-order valence-corrected chi connectivity index (χ2v) is 6.71. The number of hydrogen-bond acceptors (Lipinski definition) is 5. The SMILES string of the molecule is COc1ccc(C)cc1COC(=O)c1ccc2c(=O)n3c(nc2c1)CCC3. The Morgan fingerprint density at radius 2 is 2.07 bits per heavy atom. The zero-order valence-corrected chi connectivity index (χ0v) is 15.3. The van der Waals surface area contributed by atoms with Crippen LogP contribution in [0.4, 0.5) is 0 Å². The van der Waals surface area contributed by atoms with Gasteiger partial charge < -0.3 is 9.47 Å². The van der Waals surface area contributed by atoms with Crippen molar-refractivity contribution in [3.05, 3.63) is 69.3 Å². The van der Waals surface area contributed by atoms with E-state index in [1.807, 2.05) is 25.1 Å². The summed E-state index contributed by atoms with van der Waals surface area (Å²) in [5.74, 6) is 1.00. The summed E-state index contributed by atoms with van der Waals surface area (Å²) in [6.45, 7) is 2.79. The van der Waals surface area contributed by atoms with Crippen LogP contribution >= 0.6 is 0 Å². The number of methoxy groups -OCH3 is 1. The predicted octanol–water partition coefficient (Wildman–Crippen LogP) is 3.02. The van der Waals surface area contributed by atoms with Gasteiger partial charge in [0.05, 0.1) is 23.6 Å². The number of benzene rings is 2. The van der Waals surface area contributed by atoms with Crippen molar-refractivity contribution in [3.63, 3.8) is 0 Å². The molecule has 2 aromatic carbocycles. The van der Waals surface area contributed by atoms with Crippen LogP contribution in [0.3, 0.4) is 0 Å². The molecular weight excluding hydrogens is 344 g/mol. The molecule has 0 bridgehead atoms. The number of ether oxygens (including phenoxy) is 2. The third kappa shape index (κ3) is 3.18. The molecule has 27 heavy (non-hydrogen) atoms. The zero-order chi connectivity index (χ0) is 19.0. The van der Waals surface area contributed by atoms with Gasteiger partial charge in [-0.2, -0.15) is 0 Å². The highest BCUT2D eigenvalue weighted by molar-refractivity contribution is 5.94. The second-order valence-electron chi connectivity index (χ2n) is 6.71. The summed E-state index contributed by atoms with van der Waals surface area (Å²) in [5.41, 5.74) is 2.74. The number of nitrogens with zero attached hydrogens (tertiary/aromatic N) is 2. The molecule has 0 atom stereocenters. The molecule has 0 amide bonds. The van der Waals surface area contributed by atoms with E-state index >= 15 is 0 Å². The first-order valence-electron chi connectivity index (χ1n) is 8.91. The van der Waals surface area contributed by atoms with E-state index in [1.165, 1.54) is 0 Å². The maximum atomic E-state index is 12.5. The molecule has 1 aliphatic heterocycles. The van der Waals surface area contributed by atoms with E-state index in [4.69, 9.17) is 9.47 Å². The van der Waals surface area contributed by atoms with E-state index in [1.54, 1.807) is 29.9 Å². The predicted molar refractivity (Wildman–Crippen MR) is 101 cm³/mol. The molecule has 0 saturated heterocycles. The average Bonchev–Trinajstić information content (AvgIpc) is 3.14. The lowest BCUT2D eigenvalue weighted by molar-refractivity contribution is 0.0470. The van der Waals surface area contributed by atoms with E-state index in [0.717, 1.165) is 29.8 Å². The largest absolute Gasteiger partial charge is 0.496 e. The van der Waals surface area contributed by atoms with Crippen LogP contribution < -0.4 is 10.3 Å². The van der Waals surface area contributed by atoms with Crippen molar-refractivity contribution in [2.75, 3.05) is 7.11 Å². The van der Waals surface area contributed by atoms with Gasteiger partial charge in [-0.15, -0.1) is 0 Å². The average molecular weight is 364 g/mol. The lowest BCUT2D eigenvalue weighted by atomic mass is 10.1. The molecular formula is C21H20N2O4. The number of hydrogen-bond donors (Lipinski definition) is 0. The number of aryl methyl sites for hydroxylation is 2. The molecule has 6 heteroatoms. The third-order valence-corrected chi connectivity index (χ3v) is 4.85. The van der Waals surface area contributed by atoms with Crippen LogP contribution in [-0.2, 0) is 24.3 Å². The van der Waals surface area contributed by atoms with Crippen molar-refractivity contribution >= 4 is 16.9 Å². The summed E-state index contributed by atoms with van der Waals surface area (Å²) in [6, 6.07) is 10.6. The highest BCUT2D eigenvalue weighted by Crippen LogP contribution is 2.22. The molecule has 2 heterocycles. The Balaban J connectivity index is 1.59. The molecule has 0 radical (unpaired) electrons. The molecule has 0 saturated carbocycles. The number of carbonyl (C=O) groups excluding carboxylic acids is 1. The molecule has 0 N–H and O–H groups in total. The third-order valence-electron chi connectivity index (χ3n) is 4.85. The fourth-order valence-electron chi connectivity index (χ4n) is 3.46. The van der Waals surface area contributed by atoms with E-state index in [9.17, 15) is 9.59 Å². The normalized spacial score (nSPS) is 12.8. The highest BCUT2D eigenvalue weighted by atomic mass is 16.5. The van der Waals surface area contributed by atoms with Crippen molar-refractivity contribution in [2.45, 2.75) is 32.9 Å². The topological polar surface area (TPSA) is 70.4 Å². The van der Waals surface area contributed by atoms with Gasteiger partial charge in [0, 0.05) is 18.5 Å². The number of carbonyl (C=O) groups is 1. The minimum absolute atomic E-state index is 0.0445. The number of esters is 1. The van der Waals surface area contributed by atoms with Crippen LogP contribution in [0.2, 0.25) is 0 Å². The zero-order valence-electron chi connectivity index (χ0n) is 15.3. The lowest BCUT2D eigenvalue weighted by Gasteiger charge is -2.11. The first-order chi connectivity index (χ1) is 13.1. The van der Waals surface area contributed by atoms with Crippen molar-refractivity contribution in [1.82, 2.24) is 9.55 Å². The van der Waals surface area contributed by atoms with E-state index in [2.05, 4.69) is 4.98 Å². The van der Waals surface area contributed by atoms with Crippen LogP contribution in [0.25, 0.3) is 10.9 Å². The molecule has 6 nitrogen and oxygen atoms in total. The molecule has 0 fully saturated rings. The first-order valence-corrected chi connectivity index (χ1v) is 8.91. The standard InChI is InChI=1S/C21H20N2O4/c1-13-5-8-18(26-2)15(10-13)12-27-21(25)14-6-7-16-17(11-14)22-19-4-3-9-23(19)20(16)24/h5-8,10-11H,3-4,9,12H2,1-2H3. The van der Waals surface area contributed by atoms with Gasteiger partial charge in [-0.25, -0.2) is 9.78 Å². The molecule has 1 aromatic heterocycles. The summed E-state index contributed by atoms with van der Waals surface area (Å²) >= 11 is 0. The first kappa shape index (κ1) is 17.3. The van der Waals surface area contributed by atoms with Crippen LogP contribution in [0.1, 0.15) is 33.7 Å². The Hall–Kier alpha value is -3.15. The molecule has 1 aliphatic rings. The number of rotatable bonds is 4. The van der Waals surface area contributed by atoms with Crippen molar-refractivity contribution in [1.29, 1.82) is 0 Å². The lowest BCUT2D eigenvalue weighted by Crippen LogP contribution is -2.21. The monoisotopic (exact) mass is 364 g/mol. The van der Waals surface area contributed by atoms with Crippen LogP contribution in [0, 0.1) is 6.92 Å². The Bertz CT molecular complexity index is 1100. The minimum Gasteiger partial charge on any atom is -0.496 e. The quantitative estimate of drug-likeness (QED) is 0.666. The van der Waals surface area contributed by atoms with E-state index in [-0.39, 0.29) is 12.2 Å².